The van der Waals surface area contributed by atoms with Gasteiger partial charge in [0.15, 0.2) is 0 Å². The molecule has 0 aliphatic carbocycles. The number of rotatable bonds is 3. The molecule has 0 heterocycles. The molecule has 0 bridgehead atoms. The Balaban J connectivity index is 2.59. The molecule has 0 saturated heterocycles. The molecule has 16 heavy (non-hydrogen) atoms. The average Bonchev–Trinajstić information content (AvgIpc) is 2.18. The fourth-order valence-electron chi connectivity index (χ4n) is 1.13. The lowest BCUT2D eigenvalue weighted by Crippen LogP contribution is -2.15. The monoisotopic (exact) mass is 229 g/mol. The van der Waals surface area contributed by atoms with Crippen molar-refractivity contribution in [1.82, 2.24) is 0 Å². The molecule has 3 nitrogen and oxygen atoms in total. The van der Waals surface area contributed by atoms with Gasteiger partial charge in [0.2, 0.25) is 0 Å². The van der Waals surface area contributed by atoms with Gasteiger partial charge in [-0.2, -0.15) is 18.4 Å². The molecule has 1 aromatic rings. The summed E-state index contributed by atoms with van der Waals surface area (Å²) in [5.41, 5.74) is 6.60. The number of hydrogen-bond donors (Lipinski definition) is 2. The summed E-state index contributed by atoms with van der Waals surface area (Å²) in [6.07, 6.45) is -5.11. The van der Waals surface area contributed by atoms with E-state index in [0.717, 1.165) is 0 Å². The minimum Gasteiger partial charge on any atom is -0.397 e. The van der Waals surface area contributed by atoms with Crippen molar-refractivity contribution in [3.63, 3.8) is 0 Å². The van der Waals surface area contributed by atoms with E-state index in [1.165, 1.54) is 18.2 Å². The SMILES string of the molecule is N#Cc1ccc(NCCC(F)(F)F)c(N)c1. The zero-order valence-electron chi connectivity index (χ0n) is 8.30. The number of nitrogen functional groups attached to an aromatic ring is 1. The normalized spacial score (nSPS) is 10.9. The van der Waals surface area contributed by atoms with Crippen molar-refractivity contribution >= 4 is 11.4 Å². The maximum absolute atomic E-state index is 11.9. The molecule has 3 N–H and O–H groups in total. The maximum Gasteiger partial charge on any atom is 0.390 e. The summed E-state index contributed by atoms with van der Waals surface area (Å²) in [5, 5.41) is 11.1. The van der Waals surface area contributed by atoms with Crippen molar-refractivity contribution in [3.8, 4) is 6.07 Å². The lowest BCUT2D eigenvalue weighted by molar-refractivity contribution is -0.131. The second-order valence-electron chi connectivity index (χ2n) is 3.21. The van der Waals surface area contributed by atoms with E-state index in [-0.39, 0.29) is 12.2 Å². The number of anilines is 2. The van der Waals surface area contributed by atoms with Crippen molar-refractivity contribution in [2.75, 3.05) is 17.6 Å². The van der Waals surface area contributed by atoms with E-state index >= 15 is 0 Å². The molecule has 0 unspecified atom stereocenters. The number of nitriles is 1. The van der Waals surface area contributed by atoms with Crippen LogP contribution in [0, 0.1) is 11.3 Å². The van der Waals surface area contributed by atoms with Gasteiger partial charge < -0.3 is 11.1 Å². The molecule has 1 rings (SSSR count). The molecule has 6 heteroatoms. The Labute approximate surface area is 90.7 Å². The molecule has 0 aliphatic heterocycles. The molecular formula is C10H10F3N3. The largest absolute Gasteiger partial charge is 0.397 e. The summed E-state index contributed by atoms with van der Waals surface area (Å²) in [6.45, 7) is -0.237. The van der Waals surface area contributed by atoms with Crippen LogP contribution in [-0.4, -0.2) is 12.7 Å². The molecule has 0 atom stereocenters. The summed E-state index contributed by atoms with van der Waals surface area (Å²) in [5.74, 6) is 0. The van der Waals surface area contributed by atoms with Crippen LogP contribution < -0.4 is 11.1 Å². The Bertz CT molecular complexity index is 407. The second kappa shape index (κ2) is 4.75. The molecule has 0 aliphatic rings. The molecule has 86 valence electrons. The lowest BCUT2D eigenvalue weighted by Gasteiger charge is -2.10. The number of nitrogens with two attached hydrogens (primary N) is 1. The Kier molecular flexibility index (Phi) is 3.61. The first kappa shape index (κ1) is 12.2. The third-order valence-electron chi connectivity index (χ3n) is 1.90. The summed E-state index contributed by atoms with van der Waals surface area (Å²) < 4.78 is 35.6. The van der Waals surface area contributed by atoms with Gasteiger partial charge in [-0.05, 0) is 18.2 Å². The molecule has 0 amide bonds. The highest BCUT2D eigenvalue weighted by Crippen LogP contribution is 2.22. The number of halogens is 3. The van der Waals surface area contributed by atoms with Crippen molar-refractivity contribution in [3.05, 3.63) is 23.8 Å². The topological polar surface area (TPSA) is 61.8 Å². The minimum absolute atomic E-state index is 0.237. The third-order valence-corrected chi connectivity index (χ3v) is 1.90. The Morgan fingerprint density at radius 2 is 2.06 bits per heavy atom. The van der Waals surface area contributed by atoms with Gasteiger partial charge >= 0.3 is 6.18 Å². The van der Waals surface area contributed by atoms with Gasteiger partial charge in [0.05, 0.1) is 29.4 Å². The lowest BCUT2D eigenvalue weighted by atomic mass is 10.2. The van der Waals surface area contributed by atoms with Crippen LogP contribution in [0.2, 0.25) is 0 Å². The molecule has 0 fully saturated rings. The first-order valence-corrected chi connectivity index (χ1v) is 4.52. The number of benzene rings is 1. The smallest absolute Gasteiger partial charge is 0.390 e. The highest BCUT2D eigenvalue weighted by atomic mass is 19.4. The molecule has 0 spiro atoms. The van der Waals surface area contributed by atoms with E-state index in [0.29, 0.717) is 11.3 Å². The summed E-state index contributed by atoms with van der Waals surface area (Å²) in [4.78, 5) is 0. The molecule has 1 aromatic carbocycles. The fourth-order valence-corrected chi connectivity index (χ4v) is 1.13. The Morgan fingerprint density at radius 1 is 1.38 bits per heavy atom. The Hall–Kier alpha value is -1.90. The first-order valence-electron chi connectivity index (χ1n) is 4.52. The van der Waals surface area contributed by atoms with E-state index in [4.69, 9.17) is 11.0 Å². The van der Waals surface area contributed by atoms with Crippen LogP contribution in [-0.2, 0) is 0 Å². The van der Waals surface area contributed by atoms with Gasteiger partial charge in [0, 0.05) is 6.54 Å². The quantitative estimate of drug-likeness (QED) is 0.783. The van der Waals surface area contributed by atoms with Gasteiger partial charge in [0.25, 0.3) is 0 Å². The van der Waals surface area contributed by atoms with Crippen LogP contribution in [0.5, 0.6) is 0 Å². The van der Waals surface area contributed by atoms with E-state index in [2.05, 4.69) is 5.32 Å². The van der Waals surface area contributed by atoms with Gasteiger partial charge in [-0.1, -0.05) is 0 Å². The summed E-state index contributed by atoms with van der Waals surface area (Å²) in [7, 11) is 0. The van der Waals surface area contributed by atoms with E-state index in [1.807, 2.05) is 6.07 Å². The number of hydrogen-bond acceptors (Lipinski definition) is 3. The summed E-state index contributed by atoms with van der Waals surface area (Å²) in [6, 6.07) is 6.28. The zero-order valence-corrected chi connectivity index (χ0v) is 8.30. The van der Waals surface area contributed by atoms with Crippen molar-refractivity contribution in [2.45, 2.75) is 12.6 Å². The predicted molar refractivity (Wildman–Crippen MR) is 54.7 cm³/mol. The van der Waals surface area contributed by atoms with Gasteiger partial charge in [-0.25, -0.2) is 0 Å². The zero-order chi connectivity index (χ0) is 12.2. The fraction of sp³-hybridized carbons (Fsp3) is 0.300. The van der Waals surface area contributed by atoms with Crippen LogP contribution in [0.3, 0.4) is 0 Å². The van der Waals surface area contributed by atoms with E-state index in [9.17, 15) is 13.2 Å². The molecular weight excluding hydrogens is 219 g/mol. The maximum atomic E-state index is 11.9. The highest BCUT2D eigenvalue weighted by molar-refractivity contribution is 5.68. The molecule has 0 saturated carbocycles. The Morgan fingerprint density at radius 3 is 2.56 bits per heavy atom. The number of alkyl halides is 3. The van der Waals surface area contributed by atoms with Crippen LogP contribution >= 0.6 is 0 Å². The van der Waals surface area contributed by atoms with Gasteiger partial charge in [-0.3, -0.25) is 0 Å². The highest BCUT2D eigenvalue weighted by Gasteiger charge is 2.26. The van der Waals surface area contributed by atoms with Gasteiger partial charge in [-0.15, -0.1) is 0 Å². The van der Waals surface area contributed by atoms with Crippen molar-refractivity contribution in [2.24, 2.45) is 0 Å². The summed E-state index contributed by atoms with van der Waals surface area (Å²) >= 11 is 0. The standard InChI is InChI=1S/C10H10F3N3/c11-10(12,13)3-4-16-9-2-1-7(6-14)5-8(9)15/h1-2,5,16H,3-4,15H2. The average molecular weight is 229 g/mol. The first-order chi connectivity index (χ1) is 7.42. The van der Waals surface area contributed by atoms with E-state index in [1.54, 1.807) is 0 Å². The van der Waals surface area contributed by atoms with Crippen LogP contribution in [0.15, 0.2) is 18.2 Å². The third kappa shape index (κ3) is 3.69. The number of nitrogens with zero attached hydrogens (tertiary/aromatic N) is 1. The number of nitrogens with one attached hydrogen (secondary N) is 1. The van der Waals surface area contributed by atoms with Gasteiger partial charge in [0.1, 0.15) is 0 Å². The second-order valence-corrected chi connectivity index (χ2v) is 3.21. The van der Waals surface area contributed by atoms with E-state index < -0.39 is 12.6 Å². The van der Waals surface area contributed by atoms with Crippen molar-refractivity contribution in [1.29, 1.82) is 5.26 Å². The van der Waals surface area contributed by atoms with Crippen molar-refractivity contribution < 1.29 is 13.2 Å². The molecule has 0 aromatic heterocycles. The van der Waals surface area contributed by atoms with Crippen LogP contribution in [0.1, 0.15) is 12.0 Å². The predicted octanol–water partition coefficient (Wildman–Crippen LogP) is 2.50. The van der Waals surface area contributed by atoms with Crippen LogP contribution in [0.4, 0.5) is 24.5 Å². The van der Waals surface area contributed by atoms with Crippen LogP contribution in [0.25, 0.3) is 0 Å². The minimum atomic E-state index is -4.19. The molecule has 0 radical (unpaired) electrons.